The van der Waals surface area contributed by atoms with Crippen molar-refractivity contribution in [2.45, 2.75) is 19.4 Å². The summed E-state index contributed by atoms with van der Waals surface area (Å²) in [5, 5.41) is 8.90. The van der Waals surface area contributed by atoms with Crippen molar-refractivity contribution in [3.63, 3.8) is 0 Å². The van der Waals surface area contributed by atoms with Crippen molar-refractivity contribution in [2.24, 2.45) is 0 Å². The van der Waals surface area contributed by atoms with Gasteiger partial charge in [0.2, 0.25) is 0 Å². The van der Waals surface area contributed by atoms with Gasteiger partial charge in [-0.25, -0.2) is 0 Å². The second-order valence-electron chi connectivity index (χ2n) is 4.42. The van der Waals surface area contributed by atoms with Gasteiger partial charge in [0.1, 0.15) is 11.8 Å². The van der Waals surface area contributed by atoms with Crippen LogP contribution in [-0.4, -0.2) is 10.6 Å². The van der Waals surface area contributed by atoms with Crippen molar-refractivity contribution < 1.29 is 4.74 Å². The maximum Gasteiger partial charge on any atom is 0.188 e. The van der Waals surface area contributed by atoms with Gasteiger partial charge in [0, 0.05) is 6.20 Å². The lowest BCUT2D eigenvalue weighted by atomic mass is 10.1. The van der Waals surface area contributed by atoms with E-state index in [1.54, 1.807) is 20.0 Å². The van der Waals surface area contributed by atoms with Crippen molar-refractivity contribution >= 4 is 0 Å². The van der Waals surface area contributed by atoms with E-state index < -0.39 is 5.60 Å². The number of hydrogen-bond acceptors (Lipinski definition) is 3. The predicted molar refractivity (Wildman–Crippen MR) is 68.8 cm³/mol. The zero-order valence-electron chi connectivity index (χ0n) is 10.3. The zero-order chi connectivity index (χ0) is 13.0. The molecule has 0 fully saturated rings. The van der Waals surface area contributed by atoms with E-state index in [0.29, 0.717) is 5.75 Å². The molecule has 0 bridgehead atoms. The first kappa shape index (κ1) is 12.1. The van der Waals surface area contributed by atoms with Gasteiger partial charge in [-0.3, -0.25) is 4.98 Å². The van der Waals surface area contributed by atoms with E-state index in [0.717, 1.165) is 11.1 Å². The van der Waals surface area contributed by atoms with E-state index in [4.69, 9.17) is 10.00 Å². The second kappa shape index (κ2) is 4.89. The summed E-state index contributed by atoms with van der Waals surface area (Å²) in [5.74, 6) is 0.684. The molecule has 1 heterocycles. The maximum absolute atomic E-state index is 8.90. The van der Waals surface area contributed by atoms with Crippen molar-refractivity contribution in [3.05, 3.63) is 48.8 Å². The second-order valence-corrected chi connectivity index (χ2v) is 4.42. The molecule has 0 atom stereocenters. The van der Waals surface area contributed by atoms with Crippen LogP contribution in [0.15, 0.2) is 42.6 Å². The summed E-state index contributed by atoms with van der Waals surface area (Å²) in [7, 11) is 0. The van der Waals surface area contributed by atoms with Gasteiger partial charge >= 0.3 is 0 Å². The molecule has 1 aromatic heterocycles. The summed E-state index contributed by atoms with van der Waals surface area (Å²) in [6.45, 7) is 3.47. The standard InChI is InChI=1S/C15H13N2O/c1-15(2,11-16)18-14-5-3-12(4-6-14)13-7-9-17-10-8-13/h3-9H,1-2H3. The molecule has 0 unspecified atom stereocenters. The third-order valence-corrected chi connectivity index (χ3v) is 2.45. The minimum Gasteiger partial charge on any atom is -0.473 e. The van der Waals surface area contributed by atoms with Gasteiger partial charge in [0.05, 0.1) is 6.20 Å². The van der Waals surface area contributed by atoms with Crippen LogP contribution in [0, 0.1) is 17.5 Å². The van der Waals surface area contributed by atoms with Crippen LogP contribution in [0.5, 0.6) is 5.75 Å². The number of hydrogen-bond donors (Lipinski definition) is 0. The molecule has 18 heavy (non-hydrogen) atoms. The van der Waals surface area contributed by atoms with E-state index in [1.807, 2.05) is 36.4 Å². The molecule has 1 aromatic carbocycles. The molecular formula is C15H13N2O. The first-order chi connectivity index (χ1) is 8.61. The number of aromatic nitrogens is 1. The van der Waals surface area contributed by atoms with E-state index in [2.05, 4.69) is 17.3 Å². The van der Waals surface area contributed by atoms with Gasteiger partial charge in [0.25, 0.3) is 0 Å². The van der Waals surface area contributed by atoms with Gasteiger partial charge in [-0.2, -0.15) is 5.26 Å². The first-order valence-electron chi connectivity index (χ1n) is 5.63. The summed E-state index contributed by atoms with van der Waals surface area (Å²) in [6.07, 6.45) is 4.50. The summed E-state index contributed by atoms with van der Waals surface area (Å²) in [4.78, 5) is 3.86. The normalized spacial score (nSPS) is 10.7. The van der Waals surface area contributed by atoms with Crippen molar-refractivity contribution in [2.75, 3.05) is 0 Å². The Labute approximate surface area is 107 Å². The Kier molecular flexibility index (Phi) is 3.29. The van der Waals surface area contributed by atoms with E-state index in [1.165, 1.54) is 0 Å². The molecule has 3 nitrogen and oxygen atoms in total. The average molecular weight is 237 g/mol. The maximum atomic E-state index is 8.90. The van der Waals surface area contributed by atoms with Crippen LogP contribution in [-0.2, 0) is 0 Å². The fraction of sp³-hybridized carbons (Fsp3) is 0.200. The number of rotatable bonds is 3. The van der Waals surface area contributed by atoms with Crippen LogP contribution in [0.2, 0.25) is 0 Å². The number of nitrogens with zero attached hydrogens (tertiary/aromatic N) is 2. The zero-order valence-corrected chi connectivity index (χ0v) is 10.3. The average Bonchev–Trinajstić information content (AvgIpc) is 2.40. The fourth-order valence-electron chi connectivity index (χ4n) is 1.53. The smallest absolute Gasteiger partial charge is 0.188 e. The number of benzene rings is 1. The molecule has 0 aliphatic rings. The number of nitriles is 1. The molecule has 89 valence electrons. The molecule has 0 amide bonds. The highest BCUT2D eigenvalue weighted by atomic mass is 16.5. The summed E-state index contributed by atoms with van der Waals surface area (Å²) in [5.41, 5.74) is 1.30. The topological polar surface area (TPSA) is 45.9 Å². The SMILES string of the molecule is CC(C)(C#N)Oc1ccc(-c2c[c]ncc2)cc1. The molecule has 0 N–H and O–H groups in total. The first-order valence-corrected chi connectivity index (χ1v) is 5.63. The summed E-state index contributed by atoms with van der Waals surface area (Å²) >= 11 is 0. The predicted octanol–water partition coefficient (Wildman–Crippen LogP) is 3.23. The van der Waals surface area contributed by atoms with Gasteiger partial charge < -0.3 is 4.74 Å². The lowest BCUT2D eigenvalue weighted by molar-refractivity contribution is 0.170. The molecule has 0 aliphatic carbocycles. The van der Waals surface area contributed by atoms with Crippen LogP contribution < -0.4 is 4.74 Å². The highest BCUT2D eigenvalue weighted by Crippen LogP contribution is 2.23. The fourth-order valence-corrected chi connectivity index (χ4v) is 1.53. The van der Waals surface area contributed by atoms with Crippen LogP contribution >= 0.6 is 0 Å². The van der Waals surface area contributed by atoms with Gasteiger partial charge in [-0.05, 0) is 49.2 Å². The molecular weight excluding hydrogens is 224 g/mol. The highest BCUT2D eigenvalue weighted by molar-refractivity contribution is 5.63. The van der Waals surface area contributed by atoms with Crippen LogP contribution in [0.1, 0.15) is 13.8 Å². The van der Waals surface area contributed by atoms with E-state index in [9.17, 15) is 0 Å². The molecule has 2 rings (SSSR count). The highest BCUT2D eigenvalue weighted by Gasteiger charge is 2.17. The minimum absolute atomic E-state index is 0.684. The molecule has 2 aromatic rings. The van der Waals surface area contributed by atoms with Gasteiger partial charge in [-0.1, -0.05) is 12.1 Å². The van der Waals surface area contributed by atoms with E-state index in [-0.39, 0.29) is 0 Å². The molecule has 0 spiro atoms. The summed E-state index contributed by atoms with van der Waals surface area (Å²) < 4.78 is 5.56. The van der Waals surface area contributed by atoms with Crippen molar-refractivity contribution in [3.8, 4) is 22.9 Å². The molecule has 0 aliphatic heterocycles. The molecule has 0 saturated heterocycles. The third kappa shape index (κ3) is 2.86. The monoisotopic (exact) mass is 237 g/mol. The Morgan fingerprint density at radius 1 is 1.17 bits per heavy atom. The number of pyridine rings is 1. The lowest BCUT2D eigenvalue weighted by Crippen LogP contribution is -2.25. The Hall–Kier alpha value is -2.34. The van der Waals surface area contributed by atoms with Crippen LogP contribution in [0.25, 0.3) is 11.1 Å². The Morgan fingerprint density at radius 3 is 2.44 bits per heavy atom. The van der Waals surface area contributed by atoms with E-state index >= 15 is 0 Å². The largest absolute Gasteiger partial charge is 0.473 e. The summed E-state index contributed by atoms with van der Waals surface area (Å²) in [6, 6.07) is 13.5. The molecule has 1 radical (unpaired) electrons. The molecule has 0 saturated carbocycles. The quantitative estimate of drug-likeness (QED) is 0.823. The van der Waals surface area contributed by atoms with Crippen LogP contribution in [0.3, 0.4) is 0 Å². The van der Waals surface area contributed by atoms with Crippen molar-refractivity contribution in [1.29, 1.82) is 5.26 Å². The minimum atomic E-state index is -0.814. The third-order valence-electron chi connectivity index (χ3n) is 2.45. The van der Waals surface area contributed by atoms with Gasteiger partial charge in [0.15, 0.2) is 5.60 Å². The molecule has 3 heteroatoms. The Morgan fingerprint density at radius 2 is 1.89 bits per heavy atom. The van der Waals surface area contributed by atoms with Crippen LogP contribution in [0.4, 0.5) is 0 Å². The van der Waals surface area contributed by atoms with Gasteiger partial charge in [-0.15, -0.1) is 0 Å². The lowest BCUT2D eigenvalue weighted by Gasteiger charge is -2.18. The van der Waals surface area contributed by atoms with Crippen molar-refractivity contribution in [1.82, 2.24) is 4.98 Å². The Balaban J connectivity index is 2.19. The number of ether oxygens (including phenoxy) is 1. The Bertz CT molecular complexity index is 553.